The minimum atomic E-state index is 0.406. The van der Waals surface area contributed by atoms with Crippen molar-refractivity contribution in [2.75, 3.05) is 26.3 Å². The normalized spacial score (nSPS) is 17.2. The van der Waals surface area contributed by atoms with E-state index in [1.54, 1.807) is 0 Å². The number of fused-ring (bicyclic) bond motifs is 1. The Labute approximate surface area is 141 Å². The quantitative estimate of drug-likeness (QED) is 0.741. The molecule has 24 heavy (non-hydrogen) atoms. The molecule has 3 heterocycles. The molecule has 2 aromatic heterocycles. The molecular formula is C18H21N5O. The molecule has 0 N–H and O–H groups in total. The fourth-order valence-corrected chi connectivity index (χ4v) is 3.18. The number of ether oxygens (including phenoxy) is 1. The summed E-state index contributed by atoms with van der Waals surface area (Å²) in [6, 6.07) is 9.14. The van der Waals surface area contributed by atoms with Crippen LogP contribution in [0.1, 0.15) is 24.4 Å². The van der Waals surface area contributed by atoms with E-state index in [1.807, 2.05) is 23.7 Å². The van der Waals surface area contributed by atoms with Gasteiger partial charge in [-0.15, -0.1) is 10.2 Å². The summed E-state index contributed by atoms with van der Waals surface area (Å²) in [6.07, 6.45) is 3.89. The summed E-state index contributed by atoms with van der Waals surface area (Å²) in [5.41, 5.74) is 3.54. The van der Waals surface area contributed by atoms with Crippen LogP contribution < -0.4 is 0 Å². The number of benzene rings is 1. The molecule has 0 saturated carbocycles. The Morgan fingerprint density at radius 2 is 1.79 bits per heavy atom. The van der Waals surface area contributed by atoms with Gasteiger partial charge in [0.05, 0.1) is 13.2 Å². The van der Waals surface area contributed by atoms with Gasteiger partial charge in [0.1, 0.15) is 5.82 Å². The zero-order chi connectivity index (χ0) is 16.5. The molecule has 0 aliphatic carbocycles. The molecule has 4 rings (SSSR count). The molecule has 3 aromatic rings. The summed E-state index contributed by atoms with van der Waals surface area (Å²) in [7, 11) is 0. The van der Waals surface area contributed by atoms with Crippen LogP contribution in [0.25, 0.3) is 16.9 Å². The second-order valence-corrected chi connectivity index (χ2v) is 6.21. The summed E-state index contributed by atoms with van der Waals surface area (Å²) in [5.74, 6) is 1.48. The van der Waals surface area contributed by atoms with Crippen LogP contribution in [0.3, 0.4) is 0 Å². The van der Waals surface area contributed by atoms with E-state index in [9.17, 15) is 0 Å². The topological polar surface area (TPSA) is 55.5 Å². The maximum absolute atomic E-state index is 5.44. The molecule has 0 amide bonds. The summed E-state index contributed by atoms with van der Waals surface area (Å²) in [6.45, 7) is 7.83. The van der Waals surface area contributed by atoms with E-state index in [4.69, 9.17) is 4.74 Å². The van der Waals surface area contributed by atoms with E-state index >= 15 is 0 Å². The van der Waals surface area contributed by atoms with Gasteiger partial charge < -0.3 is 4.74 Å². The fourth-order valence-electron chi connectivity index (χ4n) is 3.18. The van der Waals surface area contributed by atoms with Crippen molar-refractivity contribution >= 4 is 5.78 Å². The number of aromatic nitrogens is 4. The molecule has 6 heteroatoms. The lowest BCUT2D eigenvalue weighted by Crippen LogP contribution is -2.37. The summed E-state index contributed by atoms with van der Waals surface area (Å²) < 4.78 is 7.36. The first kappa shape index (κ1) is 15.2. The van der Waals surface area contributed by atoms with Crippen LogP contribution in [0.2, 0.25) is 0 Å². The van der Waals surface area contributed by atoms with Crippen molar-refractivity contribution in [2.24, 2.45) is 0 Å². The number of morpholine rings is 1. The van der Waals surface area contributed by atoms with Crippen molar-refractivity contribution in [3.05, 3.63) is 48.0 Å². The minimum Gasteiger partial charge on any atom is -0.379 e. The smallest absolute Gasteiger partial charge is 0.254 e. The Kier molecular flexibility index (Phi) is 4.00. The Morgan fingerprint density at radius 1 is 1.04 bits per heavy atom. The molecule has 1 saturated heterocycles. The van der Waals surface area contributed by atoms with Crippen LogP contribution in [0.5, 0.6) is 0 Å². The molecule has 1 atom stereocenters. The second kappa shape index (κ2) is 6.30. The minimum absolute atomic E-state index is 0.406. The predicted octanol–water partition coefficient (Wildman–Crippen LogP) is 2.49. The molecule has 1 aliphatic heterocycles. The van der Waals surface area contributed by atoms with Crippen LogP contribution in [0, 0.1) is 6.92 Å². The van der Waals surface area contributed by atoms with Gasteiger partial charge in [-0.1, -0.05) is 24.3 Å². The van der Waals surface area contributed by atoms with Crippen molar-refractivity contribution in [3.63, 3.8) is 0 Å². The van der Waals surface area contributed by atoms with Crippen LogP contribution in [-0.2, 0) is 4.74 Å². The highest BCUT2D eigenvalue weighted by molar-refractivity contribution is 5.63. The van der Waals surface area contributed by atoms with Crippen molar-refractivity contribution < 1.29 is 4.74 Å². The van der Waals surface area contributed by atoms with Crippen molar-refractivity contribution in [2.45, 2.75) is 19.9 Å². The van der Waals surface area contributed by atoms with Crippen LogP contribution in [-0.4, -0.2) is 50.8 Å². The van der Waals surface area contributed by atoms with Gasteiger partial charge >= 0.3 is 0 Å². The lowest BCUT2D eigenvalue weighted by atomic mass is 10.0. The Hall–Kier alpha value is -2.31. The predicted molar refractivity (Wildman–Crippen MR) is 91.8 cm³/mol. The van der Waals surface area contributed by atoms with Crippen LogP contribution >= 0.6 is 0 Å². The standard InChI is InChI=1S/C18H21N5O/c1-13(22-7-9-24-10-8-22)15-3-5-16(6-4-15)17-11-19-18-21-20-14(2)23(18)12-17/h3-6,11-13H,7-10H2,1-2H3/t13-/m1/s1. The summed E-state index contributed by atoms with van der Waals surface area (Å²) in [4.78, 5) is 6.84. The molecule has 1 aromatic carbocycles. The average molecular weight is 323 g/mol. The van der Waals surface area contributed by atoms with E-state index in [0.29, 0.717) is 11.8 Å². The van der Waals surface area contributed by atoms with Gasteiger partial charge in [-0.25, -0.2) is 4.98 Å². The Bertz CT molecular complexity index is 836. The number of hydrogen-bond donors (Lipinski definition) is 0. The zero-order valence-electron chi connectivity index (χ0n) is 14.0. The SMILES string of the molecule is Cc1nnc2ncc(-c3ccc([C@@H](C)N4CCOCC4)cc3)cn12. The van der Waals surface area contributed by atoms with Crippen LogP contribution in [0.4, 0.5) is 0 Å². The van der Waals surface area contributed by atoms with E-state index < -0.39 is 0 Å². The maximum Gasteiger partial charge on any atom is 0.254 e. The number of rotatable bonds is 3. The molecule has 0 radical (unpaired) electrons. The molecular weight excluding hydrogens is 302 g/mol. The third kappa shape index (κ3) is 2.79. The maximum atomic E-state index is 5.44. The molecule has 0 spiro atoms. The molecule has 0 unspecified atom stereocenters. The van der Waals surface area contributed by atoms with Gasteiger partial charge in [-0.2, -0.15) is 0 Å². The monoisotopic (exact) mass is 323 g/mol. The second-order valence-electron chi connectivity index (χ2n) is 6.21. The first-order chi connectivity index (χ1) is 11.7. The molecule has 124 valence electrons. The third-order valence-corrected chi connectivity index (χ3v) is 4.76. The van der Waals surface area contributed by atoms with Crippen molar-refractivity contribution in [1.82, 2.24) is 24.5 Å². The summed E-state index contributed by atoms with van der Waals surface area (Å²) >= 11 is 0. The molecule has 1 aliphatic rings. The number of aryl methyl sites for hydroxylation is 1. The molecule has 0 bridgehead atoms. The Morgan fingerprint density at radius 3 is 2.54 bits per heavy atom. The van der Waals surface area contributed by atoms with Gasteiger partial charge in [0, 0.05) is 37.1 Å². The molecule has 6 nitrogen and oxygen atoms in total. The van der Waals surface area contributed by atoms with Gasteiger partial charge in [0.25, 0.3) is 5.78 Å². The van der Waals surface area contributed by atoms with Gasteiger partial charge in [0.15, 0.2) is 0 Å². The van der Waals surface area contributed by atoms with E-state index in [-0.39, 0.29) is 0 Å². The summed E-state index contributed by atoms with van der Waals surface area (Å²) in [5, 5.41) is 8.08. The van der Waals surface area contributed by atoms with Crippen molar-refractivity contribution in [3.8, 4) is 11.1 Å². The highest BCUT2D eigenvalue weighted by Gasteiger charge is 2.18. The van der Waals surface area contributed by atoms with Crippen molar-refractivity contribution in [1.29, 1.82) is 0 Å². The Balaban J connectivity index is 1.59. The average Bonchev–Trinajstić information content (AvgIpc) is 3.02. The first-order valence-corrected chi connectivity index (χ1v) is 8.32. The fraction of sp³-hybridized carbons (Fsp3) is 0.389. The zero-order valence-corrected chi connectivity index (χ0v) is 14.0. The van der Waals surface area contributed by atoms with Gasteiger partial charge in [0.2, 0.25) is 0 Å². The van der Waals surface area contributed by atoms with E-state index in [2.05, 4.69) is 51.3 Å². The van der Waals surface area contributed by atoms with Gasteiger partial charge in [-0.05, 0) is 25.0 Å². The lowest BCUT2D eigenvalue weighted by Gasteiger charge is -2.32. The highest BCUT2D eigenvalue weighted by atomic mass is 16.5. The van der Waals surface area contributed by atoms with E-state index in [1.165, 1.54) is 5.56 Å². The molecule has 1 fully saturated rings. The third-order valence-electron chi connectivity index (χ3n) is 4.76. The largest absolute Gasteiger partial charge is 0.379 e. The highest BCUT2D eigenvalue weighted by Crippen LogP contribution is 2.25. The van der Waals surface area contributed by atoms with Crippen LogP contribution in [0.15, 0.2) is 36.7 Å². The number of nitrogens with zero attached hydrogens (tertiary/aromatic N) is 5. The number of hydrogen-bond acceptors (Lipinski definition) is 5. The first-order valence-electron chi connectivity index (χ1n) is 8.32. The lowest BCUT2D eigenvalue weighted by molar-refractivity contribution is 0.0198. The van der Waals surface area contributed by atoms with Gasteiger partial charge in [-0.3, -0.25) is 9.30 Å². The van der Waals surface area contributed by atoms with E-state index in [0.717, 1.165) is 43.3 Å².